The Kier molecular flexibility index (Phi) is 7.89. The van der Waals surface area contributed by atoms with Gasteiger partial charge in [-0.1, -0.05) is 0 Å². The highest BCUT2D eigenvalue weighted by molar-refractivity contribution is 7.89. The van der Waals surface area contributed by atoms with Gasteiger partial charge in [-0.15, -0.1) is 0 Å². The van der Waals surface area contributed by atoms with Crippen LogP contribution in [-0.2, 0) is 35.6 Å². The number of carbonyl (C=O) groups is 2. The van der Waals surface area contributed by atoms with Gasteiger partial charge >= 0.3 is 11.9 Å². The Bertz CT molecular complexity index is 664. The predicted octanol–water partition coefficient (Wildman–Crippen LogP) is 0.374. The Balaban J connectivity index is 2.43. The number of methoxy groups -OCH3 is 1. The van der Waals surface area contributed by atoms with E-state index in [0.29, 0.717) is 12.2 Å². The first-order valence-electron chi connectivity index (χ1n) is 7.17. The Hall–Kier alpha value is -1.91. The summed E-state index contributed by atoms with van der Waals surface area (Å²) in [6.07, 6.45) is 0. The number of furan rings is 1. The molecule has 0 saturated heterocycles. The van der Waals surface area contributed by atoms with E-state index >= 15 is 0 Å². The van der Waals surface area contributed by atoms with E-state index in [4.69, 9.17) is 13.9 Å². The number of esters is 2. The molecule has 24 heavy (non-hydrogen) atoms. The molecular weight excluding hydrogens is 342 g/mol. The first-order valence-corrected chi connectivity index (χ1v) is 8.82. The van der Waals surface area contributed by atoms with Crippen molar-refractivity contribution in [3.8, 4) is 0 Å². The molecule has 0 bridgehead atoms. The summed E-state index contributed by atoms with van der Waals surface area (Å²) in [4.78, 5) is 23.0. The second-order valence-corrected chi connectivity index (χ2v) is 6.64. The Morgan fingerprint density at radius 1 is 1.33 bits per heavy atom. The van der Waals surface area contributed by atoms with E-state index in [-0.39, 0.29) is 30.5 Å². The summed E-state index contributed by atoms with van der Waals surface area (Å²) in [5.74, 6) is -1.37. The lowest BCUT2D eigenvalue weighted by molar-refractivity contribution is -0.144. The van der Waals surface area contributed by atoms with Gasteiger partial charge in [-0.05, 0) is 19.9 Å². The normalized spacial score (nSPS) is 11.3. The summed E-state index contributed by atoms with van der Waals surface area (Å²) in [5, 5.41) is 0. The highest BCUT2D eigenvalue weighted by Crippen LogP contribution is 2.16. The van der Waals surface area contributed by atoms with E-state index in [1.807, 2.05) is 0 Å². The Morgan fingerprint density at radius 2 is 2.04 bits per heavy atom. The summed E-state index contributed by atoms with van der Waals surface area (Å²) in [6, 6.07) is 1.53. The molecular formula is C14H21NO8S. The van der Waals surface area contributed by atoms with E-state index in [1.54, 1.807) is 13.8 Å². The van der Waals surface area contributed by atoms with Crippen molar-refractivity contribution in [2.75, 3.05) is 32.6 Å². The molecule has 0 fully saturated rings. The van der Waals surface area contributed by atoms with E-state index in [9.17, 15) is 18.0 Å². The topological polar surface area (TPSA) is 121 Å². The monoisotopic (exact) mass is 363 g/mol. The van der Waals surface area contributed by atoms with Crippen molar-refractivity contribution >= 4 is 22.0 Å². The predicted molar refractivity (Wildman–Crippen MR) is 82.9 cm³/mol. The Morgan fingerprint density at radius 3 is 2.67 bits per heavy atom. The average molecular weight is 363 g/mol. The van der Waals surface area contributed by atoms with Crippen molar-refractivity contribution in [3.63, 3.8) is 0 Å². The van der Waals surface area contributed by atoms with Crippen LogP contribution >= 0.6 is 0 Å². The third kappa shape index (κ3) is 6.69. The number of nitrogens with one attached hydrogen (secondary N) is 1. The van der Waals surface area contributed by atoms with E-state index in [2.05, 4.69) is 9.46 Å². The molecule has 0 aliphatic heterocycles. The molecule has 1 heterocycles. The quantitative estimate of drug-likeness (QED) is 0.467. The summed E-state index contributed by atoms with van der Waals surface area (Å²) in [6.45, 7) is 3.12. The van der Waals surface area contributed by atoms with E-state index in [0.717, 1.165) is 0 Å². The lowest BCUT2D eigenvalue weighted by atomic mass is 10.3. The van der Waals surface area contributed by atoms with Crippen LogP contribution in [-0.4, -0.2) is 53.0 Å². The second kappa shape index (κ2) is 9.40. The van der Waals surface area contributed by atoms with Crippen LogP contribution in [0.1, 0.15) is 28.8 Å². The fourth-order valence-corrected chi connectivity index (χ4v) is 2.49. The van der Waals surface area contributed by atoms with Gasteiger partial charge in [-0.2, -0.15) is 0 Å². The van der Waals surface area contributed by atoms with E-state index in [1.165, 1.54) is 13.2 Å². The van der Waals surface area contributed by atoms with Gasteiger partial charge in [0.05, 0.1) is 19.5 Å². The van der Waals surface area contributed by atoms with Crippen LogP contribution in [0.4, 0.5) is 0 Å². The lowest BCUT2D eigenvalue weighted by Crippen LogP contribution is -2.33. The maximum Gasteiger partial charge on any atom is 0.374 e. The fraction of sp³-hybridized carbons (Fsp3) is 0.571. The maximum atomic E-state index is 11.6. The van der Waals surface area contributed by atoms with Crippen LogP contribution in [0.3, 0.4) is 0 Å². The molecule has 1 N–H and O–H groups in total. The van der Waals surface area contributed by atoms with Gasteiger partial charge in [0.1, 0.15) is 18.9 Å². The molecule has 0 amide bonds. The zero-order valence-corrected chi connectivity index (χ0v) is 14.6. The van der Waals surface area contributed by atoms with Crippen LogP contribution in [0.5, 0.6) is 0 Å². The fourth-order valence-electron chi connectivity index (χ4n) is 1.67. The number of hydrogen-bond acceptors (Lipinski definition) is 8. The largest absolute Gasteiger partial charge is 0.463 e. The molecule has 1 rings (SSSR count). The van der Waals surface area contributed by atoms with E-state index < -0.39 is 28.5 Å². The zero-order valence-electron chi connectivity index (χ0n) is 13.8. The van der Waals surface area contributed by atoms with Crippen LogP contribution < -0.4 is 4.72 Å². The van der Waals surface area contributed by atoms with Crippen molar-refractivity contribution in [3.05, 3.63) is 23.2 Å². The van der Waals surface area contributed by atoms with Gasteiger partial charge in [0, 0.05) is 12.2 Å². The van der Waals surface area contributed by atoms with Crippen LogP contribution in [0.15, 0.2) is 10.5 Å². The Labute approximate surface area is 140 Å². The number of rotatable bonds is 10. The number of hydrogen-bond donors (Lipinski definition) is 1. The third-order valence-electron chi connectivity index (χ3n) is 2.85. The number of aryl methyl sites for hydroxylation is 1. The number of sulfonamides is 1. The van der Waals surface area contributed by atoms with Gasteiger partial charge in [-0.3, -0.25) is 4.79 Å². The SMILES string of the molecule is CCOCCS(=O)(=O)NCC(=O)OCc1cc(C)c(C(=O)OC)o1. The molecule has 0 aliphatic carbocycles. The van der Waals surface area contributed by atoms with Crippen molar-refractivity contribution in [2.45, 2.75) is 20.5 Å². The molecule has 1 aromatic heterocycles. The number of carbonyl (C=O) groups excluding carboxylic acids is 2. The maximum absolute atomic E-state index is 11.6. The van der Waals surface area contributed by atoms with Gasteiger partial charge in [0.25, 0.3) is 0 Å². The molecule has 0 aromatic carbocycles. The van der Waals surface area contributed by atoms with Crippen LogP contribution in [0, 0.1) is 6.92 Å². The summed E-state index contributed by atoms with van der Waals surface area (Å²) >= 11 is 0. The van der Waals surface area contributed by atoms with Crippen molar-refractivity contribution in [1.82, 2.24) is 4.72 Å². The average Bonchev–Trinajstić information content (AvgIpc) is 2.91. The smallest absolute Gasteiger partial charge is 0.374 e. The van der Waals surface area contributed by atoms with Crippen LogP contribution in [0.2, 0.25) is 0 Å². The van der Waals surface area contributed by atoms with Crippen molar-refractivity contribution in [2.24, 2.45) is 0 Å². The standard InChI is InChI=1S/C14H21NO8S/c1-4-21-5-6-24(18,19)15-8-12(16)22-9-11-7-10(2)13(23-11)14(17)20-3/h7,15H,4-6,8-9H2,1-3H3. The lowest BCUT2D eigenvalue weighted by Gasteiger charge is -2.06. The highest BCUT2D eigenvalue weighted by atomic mass is 32.2. The molecule has 1 aromatic rings. The molecule has 136 valence electrons. The molecule has 0 spiro atoms. The van der Waals surface area contributed by atoms with Gasteiger partial charge in [0.2, 0.25) is 15.8 Å². The minimum absolute atomic E-state index is 0.0279. The number of ether oxygens (including phenoxy) is 3. The first kappa shape index (κ1) is 20.1. The molecule has 0 unspecified atom stereocenters. The molecule has 0 radical (unpaired) electrons. The van der Waals surface area contributed by atoms with Gasteiger partial charge in [0.15, 0.2) is 0 Å². The molecule has 10 heteroatoms. The van der Waals surface area contributed by atoms with Gasteiger partial charge < -0.3 is 18.6 Å². The summed E-state index contributed by atoms with van der Waals surface area (Å²) in [5.41, 5.74) is 0.546. The first-order chi connectivity index (χ1) is 11.3. The molecule has 0 atom stereocenters. The highest BCUT2D eigenvalue weighted by Gasteiger charge is 2.17. The molecule has 9 nitrogen and oxygen atoms in total. The minimum atomic E-state index is -3.61. The summed E-state index contributed by atoms with van der Waals surface area (Å²) in [7, 11) is -2.39. The zero-order chi connectivity index (χ0) is 18.2. The van der Waals surface area contributed by atoms with Gasteiger partial charge in [-0.25, -0.2) is 17.9 Å². The third-order valence-corrected chi connectivity index (χ3v) is 4.14. The van der Waals surface area contributed by atoms with Crippen molar-refractivity contribution in [1.29, 1.82) is 0 Å². The minimum Gasteiger partial charge on any atom is -0.463 e. The molecule has 0 saturated carbocycles. The van der Waals surface area contributed by atoms with Crippen LogP contribution in [0.25, 0.3) is 0 Å². The molecule has 0 aliphatic rings. The second-order valence-electron chi connectivity index (χ2n) is 4.71. The van der Waals surface area contributed by atoms with Crippen molar-refractivity contribution < 1.29 is 36.6 Å². The summed E-state index contributed by atoms with van der Waals surface area (Å²) < 4.78 is 44.8.